The molecule has 18 heavy (non-hydrogen) atoms. The van der Waals surface area contributed by atoms with Gasteiger partial charge in [0.25, 0.3) is 0 Å². The second kappa shape index (κ2) is 8.11. The van der Waals surface area contributed by atoms with Crippen LogP contribution in [-0.2, 0) is 9.53 Å². The zero-order valence-corrected chi connectivity index (χ0v) is 10.2. The molecule has 0 aromatic heterocycles. The second-order valence-electron chi connectivity index (χ2n) is 3.56. The molecule has 1 N–H and O–H groups in total. The summed E-state index contributed by atoms with van der Waals surface area (Å²) in [7, 11) is 0. The maximum atomic E-state index is 11.3. The smallest absolute Gasteiger partial charge is 0.319 e. The number of nitrogens with one attached hydrogen (secondary N) is 1. The van der Waals surface area contributed by atoms with E-state index in [9.17, 15) is 4.79 Å². The molecule has 1 aromatic rings. The maximum absolute atomic E-state index is 11.3. The fraction of sp³-hybridized carbons (Fsp3) is 0.417. The Kier molecular flexibility index (Phi) is 6.32. The SMILES string of the molecule is CCOC(=O)CNC(CN=[N+]=[N-])c1ccccc1. The number of nitrogens with zero attached hydrogens (tertiary/aromatic N) is 3. The third kappa shape index (κ3) is 4.86. The van der Waals surface area contributed by atoms with Crippen LogP contribution in [-0.4, -0.2) is 25.7 Å². The first-order valence-electron chi connectivity index (χ1n) is 5.72. The summed E-state index contributed by atoms with van der Waals surface area (Å²) in [6.07, 6.45) is 0. The number of esters is 1. The molecule has 0 amide bonds. The average Bonchev–Trinajstić information content (AvgIpc) is 2.40. The van der Waals surface area contributed by atoms with Crippen LogP contribution < -0.4 is 5.32 Å². The van der Waals surface area contributed by atoms with Gasteiger partial charge in [-0.3, -0.25) is 10.1 Å². The molecule has 0 saturated carbocycles. The topological polar surface area (TPSA) is 87.1 Å². The molecule has 1 atom stereocenters. The minimum absolute atomic E-state index is 0.0916. The summed E-state index contributed by atoms with van der Waals surface area (Å²) in [5, 5.41) is 6.55. The van der Waals surface area contributed by atoms with E-state index in [-0.39, 0.29) is 25.1 Å². The lowest BCUT2D eigenvalue weighted by Gasteiger charge is -2.16. The summed E-state index contributed by atoms with van der Waals surface area (Å²) in [6, 6.07) is 9.33. The Hall–Kier alpha value is -2.04. The minimum Gasteiger partial charge on any atom is -0.465 e. The second-order valence-corrected chi connectivity index (χ2v) is 3.56. The van der Waals surface area contributed by atoms with Crippen molar-refractivity contribution in [3.8, 4) is 0 Å². The Labute approximate surface area is 106 Å². The molecule has 0 spiro atoms. The lowest BCUT2D eigenvalue weighted by atomic mass is 10.1. The molecule has 0 aliphatic heterocycles. The monoisotopic (exact) mass is 248 g/mol. The number of ether oxygens (including phenoxy) is 1. The number of carbonyl (C=O) groups is 1. The van der Waals surface area contributed by atoms with Crippen molar-refractivity contribution in [2.45, 2.75) is 13.0 Å². The van der Waals surface area contributed by atoms with Gasteiger partial charge in [0, 0.05) is 17.5 Å². The summed E-state index contributed by atoms with van der Waals surface area (Å²) >= 11 is 0. The molecule has 0 saturated heterocycles. The number of carbonyl (C=O) groups excluding carboxylic acids is 1. The molecule has 0 aliphatic rings. The highest BCUT2D eigenvalue weighted by Gasteiger charge is 2.11. The van der Waals surface area contributed by atoms with Crippen LogP contribution in [0.2, 0.25) is 0 Å². The van der Waals surface area contributed by atoms with Gasteiger partial charge in [0.1, 0.15) is 0 Å². The molecule has 1 unspecified atom stereocenters. The Morgan fingerprint density at radius 3 is 2.83 bits per heavy atom. The first-order chi connectivity index (χ1) is 8.77. The average molecular weight is 248 g/mol. The summed E-state index contributed by atoms with van der Waals surface area (Å²) in [6.45, 7) is 2.45. The normalized spacial score (nSPS) is 11.4. The maximum Gasteiger partial charge on any atom is 0.319 e. The van der Waals surface area contributed by atoms with Crippen LogP contribution in [0.5, 0.6) is 0 Å². The van der Waals surface area contributed by atoms with Gasteiger partial charge in [0.2, 0.25) is 0 Å². The number of hydrogen-bond donors (Lipinski definition) is 1. The third-order valence-corrected chi connectivity index (χ3v) is 2.33. The lowest BCUT2D eigenvalue weighted by Crippen LogP contribution is -2.30. The number of hydrogen-bond acceptors (Lipinski definition) is 4. The van der Waals surface area contributed by atoms with Crippen LogP contribution in [0, 0.1) is 0 Å². The van der Waals surface area contributed by atoms with Crippen LogP contribution in [0.3, 0.4) is 0 Å². The van der Waals surface area contributed by atoms with Gasteiger partial charge in [0.15, 0.2) is 0 Å². The largest absolute Gasteiger partial charge is 0.465 e. The Balaban J connectivity index is 2.62. The number of benzene rings is 1. The molecule has 0 aliphatic carbocycles. The molecule has 1 aromatic carbocycles. The van der Waals surface area contributed by atoms with Gasteiger partial charge in [0.05, 0.1) is 13.2 Å². The van der Waals surface area contributed by atoms with Crippen molar-refractivity contribution < 1.29 is 9.53 Å². The van der Waals surface area contributed by atoms with Crippen molar-refractivity contribution in [2.75, 3.05) is 19.7 Å². The number of rotatable bonds is 7. The zero-order chi connectivity index (χ0) is 13.2. The van der Waals surface area contributed by atoms with Crippen molar-refractivity contribution in [2.24, 2.45) is 5.11 Å². The van der Waals surface area contributed by atoms with Gasteiger partial charge < -0.3 is 4.74 Å². The van der Waals surface area contributed by atoms with Crippen LogP contribution in [0.4, 0.5) is 0 Å². The van der Waals surface area contributed by atoms with Crippen molar-refractivity contribution in [1.29, 1.82) is 0 Å². The minimum atomic E-state index is -0.320. The molecule has 96 valence electrons. The fourth-order valence-electron chi connectivity index (χ4n) is 1.51. The number of azide groups is 1. The molecule has 6 heteroatoms. The van der Waals surface area contributed by atoms with E-state index in [1.807, 2.05) is 30.3 Å². The highest BCUT2D eigenvalue weighted by molar-refractivity contribution is 5.71. The van der Waals surface area contributed by atoms with E-state index in [0.717, 1.165) is 5.56 Å². The van der Waals surface area contributed by atoms with E-state index in [0.29, 0.717) is 6.61 Å². The summed E-state index contributed by atoms with van der Waals surface area (Å²) in [5.74, 6) is -0.320. The predicted octanol–water partition coefficient (Wildman–Crippen LogP) is 2.19. The van der Waals surface area contributed by atoms with Gasteiger partial charge in [-0.1, -0.05) is 35.4 Å². The van der Waals surface area contributed by atoms with Crippen molar-refractivity contribution >= 4 is 5.97 Å². The Morgan fingerprint density at radius 2 is 2.22 bits per heavy atom. The zero-order valence-electron chi connectivity index (χ0n) is 10.2. The molecule has 0 bridgehead atoms. The van der Waals surface area contributed by atoms with E-state index in [1.165, 1.54) is 0 Å². The van der Waals surface area contributed by atoms with E-state index >= 15 is 0 Å². The van der Waals surface area contributed by atoms with Gasteiger partial charge in [-0.05, 0) is 18.0 Å². The summed E-state index contributed by atoms with van der Waals surface area (Å²) in [5.41, 5.74) is 9.33. The Morgan fingerprint density at radius 1 is 1.50 bits per heavy atom. The van der Waals surface area contributed by atoms with Crippen LogP contribution in [0.15, 0.2) is 35.4 Å². The highest BCUT2D eigenvalue weighted by atomic mass is 16.5. The van der Waals surface area contributed by atoms with E-state index < -0.39 is 0 Å². The lowest BCUT2D eigenvalue weighted by molar-refractivity contribution is -0.142. The highest BCUT2D eigenvalue weighted by Crippen LogP contribution is 2.12. The molecule has 6 nitrogen and oxygen atoms in total. The molecule has 0 heterocycles. The van der Waals surface area contributed by atoms with Crippen LogP contribution in [0.25, 0.3) is 10.4 Å². The van der Waals surface area contributed by atoms with Gasteiger partial charge >= 0.3 is 5.97 Å². The van der Waals surface area contributed by atoms with E-state index in [1.54, 1.807) is 6.92 Å². The molecule has 1 rings (SSSR count). The van der Waals surface area contributed by atoms with Crippen molar-refractivity contribution in [1.82, 2.24) is 5.32 Å². The van der Waals surface area contributed by atoms with E-state index in [2.05, 4.69) is 15.3 Å². The van der Waals surface area contributed by atoms with Crippen LogP contribution >= 0.6 is 0 Å². The Bertz CT molecular complexity index is 415. The first-order valence-corrected chi connectivity index (χ1v) is 5.72. The van der Waals surface area contributed by atoms with Gasteiger partial charge in [-0.15, -0.1) is 0 Å². The standard InChI is InChI=1S/C12H16N4O2/c1-2-18-12(17)9-14-11(8-15-16-13)10-6-4-3-5-7-10/h3-7,11,14H,2,8-9H2,1H3. The quantitative estimate of drug-likeness (QED) is 0.347. The molecular weight excluding hydrogens is 232 g/mol. The van der Waals surface area contributed by atoms with Gasteiger partial charge in [-0.2, -0.15) is 0 Å². The molecular formula is C12H16N4O2. The molecule has 0 radical (unpaired) electrons. The first kappa shape index (κ1) is 14.0. The fourth-order valence-corrected chi connectivity index (χ4v) is 1.51. The molecule has 0 fully saturated rings. The van der Waals surface area contributed by atoms with Crippen molar-refractivity contribution in [3.63, 3.8) is 0 Å². The summed E-state index contributed by atoms with van der Waals surface area (Å²) < 4.78 is 4.83. The predicted molar refractivity (Wildman–Crippen MR) is 67.8 cm³/mol. The van der Waals surface area contributed by atoms with E-state index in [4.69, 9.17) is 10.3 Å². The van der Waals surface area contributed by atoms with Crippen molar-refractivity contribution in [3.05, 3.63) is 46.3 Å². The summed E-state index contributed by atoms with van der Waals surface area (Å²) in [4.78, 5) is 14.0. The third-order valence-electron chi connectivity index (χ3n) is 2.33. The van der Waals surface area contributed by atoms with Crippen LogP contribution in [0.1, 0.15) is 18.5 Å². The van der Waals surface area contributed by atoms with Gasteiger partial charge in [-0.25, -0.2) is 0 Å².